The monoisotopic (exact) mass is 299 g/mol. The fraction of sp³-hybridized carbons (Fsp3) is 0.368. The maximum atomic E-state index is 4.02. The Balaban J connectivity index is 0.000000348. The summed E-state index contributed by atoms with van der Waals surface area (Å²) in [5.41, 5.74) is 2.47. The minimum Gasteiger partial charge on any atom is -0.259 e. The van der Waals surface area contributed by atoms with Gasteiger partial charge in [0, 0.05) is 5.56 Å². The van der Waals surface area contributed by atoms with Crippen LogP contribution in [0.2, 0.25) is 0 Å². The molecule has 0 atom stereocenters. The molecule has 0 saturated heterocycles. The summed E-state index contributed by atoms with van der Waals surface area (Å²) in [6, 6.07) is 9.89. The summed E-state index contributed by atoms with van der Waals surface area (Å²) in [5.74, 6) is 0.811. The number of rotatable bonds is 1. The van der Waals surface area contributed by atoms with Gasteiger partial charge in [0.05, 0.1) is 0 Å². The summed E-state index contributed by atoms with van der Waals surface area (Å²) in [4.78, 5) is 4.02. The standard InChI is InChI=1S/C8H7N3.C7H10.2C2H6/c1-2-4-7(5-3-1)8-9-6-10-11-8;1-7-5-3-2-4-6-7;2*1-2/h1-6H,(H,9,10,11);3,5-6H,2,4H2,1H3;2*1-2H3. The average molecular weight is 299 g/mol. The summed E-state index contributed by atoms with van der Waals surface area (Å²) >= 11 is 0. The molecule has 0 saturated carbocycles. The third-order valence-corrected chi connectivity index (χ3v) is 2.64. The topological polar surface area (TPSA) is 41.6 Å². The van der Waals surface area contributed by atoms with Crippen molar-refractivity contribution in [2.75, 3.05) is 0 Å². The van der Waals surface area contributed by atoms with Gasteiger partial charge in [-0.2, -0.15) is 5.10 Å². The second-order valence-corrected chi connectivity index (χ2v) is 4.13. The molecule has 3 heteroatoms. The smallest absolute Gasteiger partial charge is 0.155 e. The van der Waals surface area contributed by atoms with Crippen LogP contribution in [0.15, 0.2) is 60.5 Å². The molecule has 2 aromatic rings. The summed E-state index contributed by atoms with van der Waals surface area (Å²) in [5, 5.41) is 6.55. The van der Waals surface area contributed by atoms with Crippen molar-refractivity contribution in [3.8, 4) is 11.4 Å². The van der Waals surface area contributed by atoms with Crippen molar-refractivity contribution in [2.24, 2.45) is 0 Å². The van der Waals surface area contributed by atoms with E-state index in [2.05, 4.69) is 40.3 Å². The molecule has 1 N–H and O–H groups in total. The lowest BCUT2D eigenvalue weighted by Gasteiger charge is -1.96. The maximum absolute atomic E-state index is 4.02. The van der Waals surface area contributed by atoms with E-state index in [1.807, 2.05) is 58.0 Å². The molecular weight excluding hydrogens is 270 g/mol. The summed E-state index contributed by atoms with van der Waals surface area (Å²) in [6.07, 6.45) is 10.6. The number of nitrogens with one attached hydrogen (secondary N) is 1. The summed E-state index contributed by atoms with van der Waals surface area (Å²) in [6.45, 7) is 10.1. The van der Waals surface area contributed by atoms with Gasteiger partial charge in [-0.3, -0.25) is 5.10 Å². The Kier molecular flexibility index (Phi) is 12.5. The molecule has 0 unspecified atom stereocenters. The van der Waals surface area contributed by atoms with E-state index in [0.717, 1.165) is 11.4 Å². The van der Waals surface area contributed by atoms with Crippen LogP contribution in [0, 0.1) is 0 Å². The highest BCUT2D eigenvalue weighted by molar-refractivity contribution is 5.53. The Morgan fingerprint density at radius 2 is 1.64 bits per heavy atom. The number of aromatic amines is 1. The highest BCUT2D eigenvalue weighted by Gasteiger charge is 1.95. The van der Waals surface area contributed by atoms with Gasteiger partial charge < -0.3 is 0 Å². The van der Waals surface area contributed by atoms with Crippen LogP contribution in [0.25, 0.3) is 11.4 Å². The maximum Gasteiger partial charge on any atom is 0.155 e. The molecule has 1 heterocycles. The van der Waals surface area contributed by atoms with E-state index >= 15 is 0 Å². The number of nitrogens with zero attached hydrogens (tertiary/aromatic N) is 2. The molecule has 22 heavy (non-hydrogen) atoms. The van der Waals surface area contributed by atoms with E-state index in [-0.39, 0.29) is 0 Å². The van der Waals surface area contributed by atoms with Gasteiger partial charge in [0.2, 0.25) is 0 Å². The van der Waals surface area contributed by atoms with Crippen LogP contribution in [-0.2, 0) is 0 Å². The lowest BCUT2D eigenvalue weighted by molar-refractivity contribution is 1.02. The van der Waals surface area contributed by atoms with Crippen molar-refractivity contribution in [3.63, 3.8) is 0 Å². The fourth-order valence-electron chi connectivity index (χ4n) is 1.69. The largest absolute Gasteiger partial charge is 0.259 e. The van der Waals surface area contributed by atoms with Crippen LogP contribution in [0.1, 0.15) is 47.5 Å². The normalized spacial score (nSPS) is 11.6. The number of hydrogen-bond acceptors (Lipinski definition) is 2. The zero-order valence-electron chi connectivity index (χ0n) is 14.5. The third-order valence-electron chi connectivity index (χ3n) is 2.64. The van der Waals surface area contributed by atoms with Gasteiger partial charge in [0.1, 0.15) is 6.33 Å². The molecule has 1 aliphatic carbocycles. The fourth-order valence-corrected chi connectivity index (χ4v) is 1.69. The van der Waals surface area contributed by atoms with E-state index in [4.69, 9.17) is 0 Å². The second kappa shape index (κ2) is 13.8. The molecule has 1 aromatic heterocycles. The average Bonchev–Trinajstić information content (AvgIpc) is 3.15. The summed E-state index contributed by atoms with van der Waals surface area (Å²) < 4.78 is 0. The van der Waals surface area contributed by atoms with Crippen LogP contribution in [0.3, 0.4) is 0 Å². The Morgan fingerprint density at radius 1 is 0.955 bits per heavy atom. The van der Waals surface area contributed by atoms with Crippen LogP contribution in [-0.4, -0.2) is 15.2 Å². The first-order chi connectivity index (χ1) is 10.9. The van der Waals surface area contributed by atoms with Gasteiger partial charge in [0.15, 0.2) is 5.82 Å². The molecule has 120 valence electrons. The molecular formula is C19H29N3. The molecule has 1 aliphatic rings. The van der Waals surface area contributed by atoms with Gasteiger partial charge >= 0.3 is 0 Å². The van der Waals surface area contributed by atoms with Crippen molar-refractivity contribution in [2.45, 2.75) is 47.5 Å². The Labute approximate surface area is 135 Å². The zero-order valence-corrected chi connectivity index (χ0v) is 14.5. The first kappa shape index (κ1) is 19.8. The molecule has 3 nitrogen and oxygen atoms in total. The number of H-pyrrole nitrogens is 1. The SMILES string of the molecule is CC.CC.CC1=CCCC=C1.c1ccc(-c2ncn[nH]2)cc1. The van der Waals surface area contributed by atoms with E-state index in [9.17, 15) is 0 Å². The van der Waals surface area contributed by atoms with Gasteiger partial charge in [-0.15, -0.1) is 0 Å². The minimum atomic E-state index is 0.811. The first-order valence-electron chi connectivity index (χ1n) is 8.10. The minimum absolute atomic E-state index is 0.811. The Hall–Kier alpha value is -2.16. The number of hydrogen-bond donors (Lipinski definition) is 1. The molecule has 1 aromatic carbocycles. The van der Waals surface area contributed by atoms with Crippen LogP contribution in [0.4, 0.5) is 0 Å². The van der Waals surface area contributed by atoms with Crippen LogP contribution in [0.5, 0.6) is 0 Å². The van der Waals surface area contributed by atoms with Gasteiger partial charge in [-0.25, -0.2) is 4.98 Å². The lowest BCUT2D eigenvalue weighted by atomic mass is 10.1. The highest BCUT2D eigenvalue weighted by atomic mass is 15.2. The van der Waals surface area contributed by atoms with Crippen LogP contribution >= 0.6 is 0 Å². The first-order valence-corrected chi connectivity index (χ1v) is 8.10. The lowest BCUT2D eigenvalue weighted by Crippen LogP contribution is -1.78. The van der Waals surface area contributed by atoms with Gasteiger partial charge in [-0.05, 0) is 19.8 Å². The quantitative estimate of drug-likeness (QED) is 0.722. The molecule has 0 aliphatic heterocycles. The predicted molar refractivity (Wildman–Crippen MR) is 96.6 cm³/mol. The molecule has 0 spiro atoms. The van der Waals surface area contributed by atoms with E-state index in [1.54, 1.807) is 0 Å². The van der Waals surface area contributed by atoms with Crippen molar-refractivity contribution in [1.82, 2.24) is 15.2 Å². The number of benzene rings is 1. The van der Waals surface area contributed by atoms with Crippen molar-refractivity contribution < 1.29 is 0 Å². The van der Waals surface area contributed by atoms with E-state index in [0.29, 0.717) is 0 Å². The van der Waals surface area contributed by atoms with Crippen molar-refractivity contribution in [1.29, 1.82) is 0 Å². The Morgan fingerprint density at radius 3 is 2.05 bits per heavy atom. The van der Waals surface area contributed by atoms with Gasteiger partial charge in [-0.1, -0.05) is 81.8 Å². The predicted octanol–water partition coefficient (Wildman–Crippen LogP) is 5.81. The molecule has 0 fully saturated rings. The molecule has 0 bridgehead atoms. The number of aromatic nitrogens is 3. The molecule has 0 radical (unpaired) electrons. The Bertz CT molecular complexity index is 511. The van der Waals surface area contributed by atoms with E-state index in [1.165, 1.54) is 24.7 Å². The summed E-state index contributed by atoms with van der Waals surface area (Å²) in [7, 11) is 0. The van der Waals surface area contributed by atoms with Crippen molar-refractivity contribution in [3.05, 3.63) is 60.5 Å². The van der Waals surface area contributed by atoms with Crippen LogP contribution < -0.4 is 0 Å². The molecule has 3 rings (SSSR count). The van der Waals surface area contributed by atoms with E-state index < -0.39 is 0 Å². The highest BCUT2D eigenvalue weighted by Crippen LogP contribution is 2.11. The zero-order chi connectivity index (χ0) is 16.6. The van der Waals surface area contributed by atoms with Crippen molar-refractivity contribution >= 4 is 0 Å². The second-order valence-electron chi connectivity index (χ2n) is 4.13. The van der Waals surface area contributed by atoms with Gasteiger partial charge in [0.25, 0.3) is 0 Å². The number of allylic oxidation sites excluding steroid dienone is 4. The molecule has 0 amide bonds. The third kappa shape index (κ3) is 8.20.